The van der Waals surface area contributed by atoms with E-state index >= 15 is 0 Å². The van der Waals surface area contributed by atoms with Crippen LogP contribution in [0.2, 0.25) is 0 Å². The molecule has 6 heteroatoms. The number of rotatable bonds is 2. The molecule has 1 aromatic rings. The molecule has 1 aromatic heterocycles. The fraction of sp³-hybridized carbons (Fsp3) is 0. The van der Waals surface area contributed by atoms with Gasteiger partial charge in [-0.25, -0.2) is 4.98 Å². The number of hydrogen-bond donors (Lipinski definition) is 0. The zero-order valence-corrected chi connectivity index (χ0v) is 7.81. The van der Waals surface area contributed by atoms with Gasteiger partial charge < -0.3 is 4.74 Å². The fourth-order valence-electron chi connectivity index (χ4n) is 0.912. The second-order valence-electron chi connectivity index (χ2n) is 2.54. The number of hydrogen-bond acceptors (Lipinski definition) is 4. The Morgan fingerprint density at radius 3 is 2.71 bits per heavy atom. The molecule has 0 saturated carbocycles. The molecule has 0 aliphatic carbocycles. The average molecular weight is 210 g/mol. The Bertz CT molecular complexity index is 491. The van der Waals surface area contributed by atoms with Gasteiger partial charge in [0.1, 0.15) is 0 Å². The molecular formula is C8H6N2O3S. The topological polar surface area (TPSA) is 68.6 Å². The monoisotopic (exact) mass is 210 g/mol. The van der Waals surface area contributed by atoms with Crippen LogP contribution in [0.5, 0.6) is 5.88 Å². The third-order valence-electron chi connectivity index (χ3n) is 1.45. The van der Waals surface area contributed by atoms with Crippen molar-refractivity contribution in [2.24, 2.45) is 4.40 Å². The normalized spacial score (nSPS) is 17.9. The van der Waals surface area contributed by atoms with E-state index in [4.69, 9.17) is 4.74 Å². The lowest BCUT2D eigenvalue weighted by Gasteiger charge is -1.99. The van der Waals surface area contributed by atoms with Crippen molar-refractivity contribution in [1.29, 1.82) is 0 Å². The molecule has 1 aliphatic rings. The van der Waals surface area contributed by atoms with Crippen molar-refractivity contribution >= 4 is 16.2 Å². The molecule has 72 valence electrons. The van der Waals surface area contributed by atoms with E-state index in [9.17, 15) is 8.42 Å². The minimum atomic E-state index is -3.46. The maximum absolute atomic E-state index is 10.9. The highest BCUT2D eigenvalue weighted by Crippen LogP contribution is 2.13. The van der Waals surface area contributed by atoms with E-state index in [1.54, 1.807) is 24.4 Å². The molecule has 14 heavy (non-hydrogen) atoms. The van der Waals surface area contributed by atoms with Gasteiger partial charge >= 0.3 is 0 Å². The van der Waals surface area contributed by atoms with Crippen LogP contribution in [0, 0.1) is 0 Å². The first-order chi connectivity index (χ1) is 6.66. The summed E-state index contributed by atoms with van der Waals surface area (Å²) in [6.45, 7) is 0. The molecule has 0 bridgehead atoms. The molecule has 0 amide bonds. The number of aromatic nitrogens is 1. The zero-order chi connectivity index (χ0) is 10.0. The Morgan fingerprint density at radius 2 is 2.14 bits per heavy atom. The summed E-state index contributed by atoms with van der Waals surface area (Å²) in [6, 6.07) is 5.10. The number of ether oxygens (including phenoxy) is 1. The third kappa shape index (κ3) is 1.97. The molecule has 0 N–H and O–H groups in total. The lowest BCUT2D eigenvalue weighted by molar-refractivity contribution is 0.440. The Hall–Kier alpha value is -1.69. The van der Waals surface area contributed by atoms with Crippen molar-refractivity contribution in [3.63, 3.8) is 0 Å². The van der Waals surface area contributed by atoms with Gasteiger partial charge in [0.15, 0.2) is 5.76 Å². The number of allylic oxidation sites excluding steroid dienone is 1. The van der Waals surface area contributed by atoms with Crippen LogP contribution < -0.4 is 4.74 Å². The van der Waals surface area contributed by atoms with E-state index in [0.29, 0.717) is 5.88 Å². The summed E-state index contributed by atoms with van der Waals surface area (Å²) in [7, 11) is -3.46. The molecule has 0 atom stereocenters. The lowest BCUT2D eigenvalue weighted by Crippen LogP contribution is -1.95. The quantitative estimate of drug-likeness (QED) is 0.721. The van der Waals surface area contributed by atoms with Gasteiger partial charge in [-0.05, 0) is 6.07 Å². The lowest BCUT2D eigenvalue weighted by atomic mass is 10.5. The molecule has 5 nitrogen and oxygen atoms in total. The van der Waals surface area contributed by atoms with E-state index in [0.717, 1.165) is 11.6 Å². The number of pyridine rings is 1. The van der Waals surface area contributed by atoms with Crippen molar-refractivity contribution in [2.45, 2.75) is 0 Å². The van der Waals surface area contributed by atoms with Crippen LogP contribution in [0.15, 0.2) is 40.0 Å². The van der Waals surface area contributed by atoms with Gasteiger partial charge in [-0.2, -0.15) is 12.8 Å². The first-order valence-corrected chi connectivity index (χ1v) is 5.27. The summed E-state index contributed by atoms with van der Waals surface area (Å²) in [6.07, 6.45) is 2.69. The van der Waals surface area contributed by atoms with Gasteiger partial charge in [0.25, 0.3) is 10.0 Å². The van der Waals surface area contributed by atoms with Crippen molar-refractivity contribution in [1.82, 2.24) is 4.98 Å². The van der Waals surface area contributed by atoms with Gasteiger partial charge in [-0.3, -0.25) is 0 Å². The third-order valence-corrected chi connectivity index (χ3v) is 2.38. The molecule has 0 unspecified atom stereocenters. The minimum absolute atomic E-state index is 0.170. The SMILES string of the molecule is O=S1(=O)C=C(Oc2ccccn2)C=N1. The summed E-state index contributed by atoms with van der Waals surface area (Å²) in [4.78, 5) is 3.87. The molecule has 2 heterocycles. The van der Waals surface area contributed by atoms with E-state index in [1.807, 2.05) is 0 Å². The van der Waals surface area contributed by atoms with E-state index < -0.39 is 10.0 Å². The molecular weight excluding hydrogens is 204 g/mol. The van der Waals surface area contributed by atoms with E-state index in [1.165, 1.54) is 0 Å². The van der Waals surface area contributed by atoms with Crippen molar-refractivity contribution < 1.29 is 13.2 Å². The van der Waals surface area contributed by atoms with Gasteiger partial charge in [0, 0.05) is 12.3 Å². The van der Waals surface area contributed by atoms with Crippen LogP contribution in [0.4, 0.5) is 0 Å². The van der Waals surface area contributed by atoms with Gasteiger partial charge in [0.2, 0.25) is 5.88 Å². The van der Waals surface area contributed by atoms with Crippen LogP contribution in [-0.2, 0) is 10.0 Å². The van der Waals surface area contributed by atoms with Gasteiger partial charge in [-0.1, -0.05) is 6.07 Å². The molecule has 0 radical (unpaired) electrons. The maximum Gasteiger partial charge on any atom is 0.279 e. The van der Waals surface area contributed by atoms with Crippen LogP contribution in [0.3, 0.4) is 0 Å². The first-order valence-electron chi connectivity index (χ1n) is 3.77. The van der Waals surface area contributed by atoms with Crippen LogP contribution >= 0.6 is 0 Å². The Labute approximate surface area is 80.8 Å². The van der Waals surface area contributed by atoms with Crippen molar-refractivity contribution in [3.8, 4) is 5.88 Å². The molecule has 0 aromatic carbocycles. The molecule has 0 spiro atoms. The summed E-state index contributed by atoms with van der Waals surface area (Å²) < 4.78 is 30.1. The standard InChI is InChI=1S/C8H6N2O3S/c11-14(12)6-7(5-10-14)13-8-3-1-2-4-9-8/h1-6H. The second kappa shape index (κ2) is 3.22. The Kier molecular flexibility index (Phi) is 2.05. The van der Waals surface area contributed by atoms with E-state index in [2.05, 4.69) is 9.38 Å². The summed E-state index contributed by atoms with van der Waals surface area (Å²) in [5.41, 5.74) is 0. The largest absolute Gasteiger partial charge is 0.437 e. The van der Waals surface area contributed by atoms with Crippen LogP contribution in [-0.4, -0.2) is 19.6 Å². The molecule has 0 saturated heterocycles. The van der Waals surface area contributed by atoms with Gasteiger partial charge in [0.05, 0.1) is 11.6 Å². The predicted octanol–water partition coefficient (Wildman–Crippen LogP) is 0.716. The van der Waals surface area contributed by atoms with Crippen molar-refractivity contribution in [2.75, 3.05) is 0 Å². The average Bonchev–Trinajstić information content (AvgIpc) is 2.47. The van der Waals surface area contributed by atoms with Crippen LogP contribution in [0.25, 0.3) is 0 Å². The Balaban J connectivity index is 2.19. The second-order valence-corrected chi connectivity index (χ2v) is 4.02. The fourth-order valence-corrected chi connectivity index (χ4v) is 1.63. The molecule has 2 rings (SSSR count). The zero-order valence-electron chi connectivity index (χ0n) is 6.99. The summed E-state index contributed by atoms with van der Waals surface area (Å²) in [5.74, 6) is 0.506. The predicted molar refractivity (Wildman–Crippen MR) is 50.4 cm³/mol. The van der Waals surface area contributed by atoms with Crippen molar-refractivity contribution in [3.05, 3.63) is 35.6 Å². The highest BCUT2D eigenvalue weighted by molar-refractivity contribution is 7.93. The van der Waals surface area contributed by atoms with E-state index in [-0.39, 0.29) is 5.76 Å². The first kappa shape index (κ1) is 8.89. The number of sulfonamides is 1. The summed E-state index contributed by atoms with van der Waals surface area (Å²) >= 11 is 0. The minimum Gasteiger partial charge on any atom is -0.437 e. The maximum atomic E-state index is 10.9. The highest BCUT2D eigenvalue weighted by Gasteiger charge is 2.14. The highest BCUT2D eigenvalue weighted by atomic mass is 32.2. The number of nitrogens with zero attached hydrogens (tertiary/aromatic N) is 2. The Morgan fingerprint density at radius 1 is 1.29 bits per heavy atom. The smallest absolute Gasteiger partial charge is 0.279 e. The van der Waals surface area contributed by atoms with Crippen LogP contribution in [0.1, 0.15) is 0 Å². The summed E-state index contributed by atoms with van der Waals surface area (Å²) in [5, 5.41) is 0.946. The van der Waals surface area contributed by atoms with Gasteiger partial charge in [-0.15, -0.1) is 0 Å². The molecule has 1 aliphatic heterocycles. The molecule has 0 fully saturated rings.